The Kier molecular flexibility index (Phi) is 40.8. The highest BCUT2D eigenvalue weighted by molar-refractivity contribution is 5.70. The van der Waals surface area contributed by atoms with Crippen LogP contribution < -0.4 is 0 Å². The minimum absolute atomic E-state index is 0.141. The van der Waals surface area contributed by atoms with Gasteiger partial charge in [0.2, 0.25) is 0 Å². The van der Waals surface area contributed by atoms with Gasteiger partial charge in [0.15, 0.2) is 12.4 Å². The van der Waals surface area contributed by atoms with Gasteiger partial charge < -0.3 is 39.4 Å². The molecule has 2 unspecified atom stereocenters. The van der Waals surface area contributed by atoms with Crippen LogP contribution in [0.4, 0.5) is 0 Å². The van der Waals surface area contributed by atoms with E-state index in [9.17, 15) is 30.0 Å². The van der Waals surface area contributed by atoms with E-state index < -0.39 is 55.4 Å². The fraction of sp³-hybridized carbons (Fsp3) is 0.673. The van der Waals surface area contributed by atoms with Gasteiger partial charge in [-0.2, -0.15) is 0 Å². The molecule has 0 aromatic rings. The number of aliphatic hydroxyl groups is 4. The van der Waals surface area contributed by atoms with Gasteiger partial charge in [-0.3, -0.25) is 9.59 Å². The zero-order valence-corrected chi connectivity index (χ0v) is 40.4. The van der Waals surface area contributed by atoms with E-state index in [0.717, 1.165) is 57.8 Å². The third-order valence-electron chi connectivity index (χ3n) is 10.9. The van der Waals surface area contributed by atoms with Crippen LogP contribution in [-0.2, 0) is 28.5 Å². The number of hydrogen-bond donors (Lipinski definition) is 4. The lowest BCUT2D eigenvalue weighted by Crippen LogP contribution is -2.59. The minimum atomic E-state index is -1.62. The van der Waals surface area contributed by atoms with Crippen molar-refractivity contribution >= 4 is 11.9 Å². The topological polar surface area (TPSA) is 152 Å². The van der Waals surface area contributed by atoms with Gasteiger partial charge in [0.1, 0.15) is 31.0 Å². The summed E-state index contributed by atoms with van der Waals surface area (Å²) in [5.41, 5.74) is 0. The molecule has 0 bridgehead atoms. The Balaban J connectivity index is 2.37. The van der Waals surface area contributed by atoms with Crippen molar-refractivity contribution in [1.82, 2.24) is 0 Å². The first-order valence-corrected chi connectivity index (χ1v) is 25.3. The Hall–Kier alpha value is -3.38. The van der Waals surface area contributed by atoms with E-state index in [1.807, 2.05) is 6.08 Å². The molecule has 370 valence electrons. The van der Waals surface area contributed by atoms with E-state index in [1.165, 1.54) is 77.0 Å². The summed E-state index contributed by atoms with van der Waals surface area (Å²) in [7, 11) is 0. The predicted octanol–water partition coefficient (Wildman–Crippen LogP) is 11.9. The maximum absolute atomic E-state index is 12.8. The van der Waals surface area contributed by atoms with Crippen LogP contribution >= 0.6 is 0 Å². The Morgan fingerprint density at radius 3 is 1.37 bits per heavy atom. The van der Waals surface area contributed by atoms with Gasteiger partial charge in [-0.05, 0) is 96.3 Å². The number of allylic oxidation sites excluding steroid dienone is 16. The molecule has 0 aromatic carbocycles. The summed E-state index contributed by atoms with van der Waals surface area (Å²) < 4.78 is 22.1. The van der Waals surface area contributed by atoms with Gasteiger partial charge in [-0.1, -0.05) is 169 Å². The first kappa shape index (κ1) is 59.6. The lowest BCUT2D eigenvalue weighted by molar-refractivity contribution is -0.305. The molecule has 6 atom stereocenters. The van der Waals surface area contributed by atoms with Crippen molar-refractivity contribution < 1.29 is 49.0 Å². The second kappa shape index (κ2) is 44.5. The van der Waals surface area contributed by atoms with Crippen molar-refractivity contribution in [3.8, 4) is 0 Å². The van der Waals surface area contributed by atoms with Gasteiger partial charge in [-0.25, -0.2) is 0 Å². The molecule has 0 amide bonds. The second-order valence-electron chi connectivity index (χ2n) is 16.9. The maximum atomic E-state index is 12.8. The Morgan fingerprint density at radius 2 is 0.877 bits per heavy atom. The van der Waals surface area contributed by atoms with Crippen LogP contribution in [0, 0.1) is 0 Å². The van der Waals surface area contributed by atoms with Crippen molar-refractivity contribution in [1.29, 1.82) is 0 Å². The number of unbranched alkanes of at least 4 members (excludes halogenated alkanes) is 14. The first-order valence-electron chi connectivity index (χ1n) is 25.3. The van der Waals surface area contributed by atoms with Gasteiger partial charge in [-0.15, -0.1) is 0 Å². The number of aliphatic hydroxyl groups excluding tert-OH is 4. The number of carbonyl (C=O) groups excluding carboxylic acids is 2. The highest BCUT2D eigenvalue weighted by atomic mass is 16.7. The van der Waals surface area contributed by atoms with Crippen LogP contribution in [-0.4, -0.2) is 89.0 Å². The zero-order chi connectivity index (χ0) is 47.3. The second-order valence-corrected chi connectivity index (χ2v) is 16.9. The summed E-state index contributed by atoms with van der Waals surface area (Å²) in [6.07, 6.45) is 52.7. The summed E-state index contributed by atoms with van der Waals surface area (Å²) in [5, 5.41) is 40.2. The summed E-state index contributed by atoms with van der Waals surface area (Å²) in [6.45, 7) is 3.30. The van der Waals surface area contributed by atoms with Crippen LogP contribution in [0.2, 0.25) is 0 Å². The van der Waals surface area contributed by atoms with Crippen LogP contribution in [0.5, 0.6) is 0 Å². The minimum Gasteiger partial charge on any atom is -0.462 e. The first-order chi connectivity index (χ1) is 31.8. The molecular weight excluding hydrogens is 821 g/mol. The third-order valence-corrected chi connectivity index (χ3v) is 10.9. The summed E-state index contributed by atoms with van der Waals surface area (Å²) in [6, 6.07) is 0. The van der Waals surface area contributed by atoms with Crippen molar-refractivity contribution in [3.05, 3.63) is 97.2 Å². The Labute approximate surface area is 394 Å². The lowest BCUT2D eigenvalue weighted by atomic mass is 9.99. The van der Waals surface area contributed by atoms with E-state index in [4.69, 9.17) is 18.9 Å². The van der Waals surface area contributed by atoms with Gasteiger partial charge in [0.25, 0.3) is 0 Å². The highest BCUT2D eigenvalue weighted by Gasteiger charge is 2.44. The molecule has 10 heteroatoms. The third kappa shape index (κ3) is 35.5. The number of ether oxygens (including phenoxy) is 4. The number of esters is 2. The monoisotopic (exact) mass is 911 g/mol. The molecule has 0 saturated carbocycles. The molecule has 0 radical (unpaired) electrons. The standard InChI is InChI=1S/C55H90O10/c1-3-5-7-9-11-13-15-17-19-21-23-24-26-28-30-32-34-36-38-40-42-44-51(58)64-48(47-63-55-54(61)53(60)52(59)49(45-56)65-55)46-62-50(57)43-41-39-37-35-33-31-29-27-25-22-20-18-16-14-12-10-8-6-4-2/h12,14,18-21,24-27,30-33,36,38,48-49,52-56,59-61H,3-11,13,15-17,22-23,28-29,34-35,37,39-47H2,1-2H3/b14-12+,20-18+,21-19+,26-24+,27-25+,32-30+,33-31+,38-36+/t48-,49-,52+,53?,54?,55-/m1/s1. The molecule has 1 heterocycles. The van der Waals surface area contributed by atoms with E-state index >= 15 is 0 Å². The molecule has 10 nitrogen and oxygen atoms in total. The molecule has 4 N–H and O–H groups in total. The van der Waals surface area contributed by atoms with Crippen molar-refractivity contribution in [2.75, 3.05) is 19.8 Å². The molecule has 0 aliphatic carbocycles. The van der Waals surface area contributed by atoms with Gasteiger partial charge in [0, 0.05) is 12.8 Å². The van der Waals surface area contributed by atoms with Gasteiger partial charge in [0.05, 0.1) is 13.2 Å². The van der Waals surface area contributed by atoms with Crippen molar-refractivity contribution in [2.45, 2.75) is 218 Å². The summed E-state index contributed by atoms with van der Waals surface area (Å²) >= 11 is 0. The quantitative estimate of drug-likeness (QED) is 0.0265. The number of carbonyl (C=O) groups is 2. The Morgan fingerprint density at radius 1 is 0.477 bits per heavy atom. The van der Waals surface area contributed by atoms with Crippen LogP contribution in [0.1, 0.15) is 181 Å². The van der Waals surface area contributed by atoms with Crippen LogP contribution in [0.3, 0.4) is 0 Å². The van der Waals surface area contributed by atoms with Crippen LogP contribution in [0.25, 0.3) is 0 Å². The smallest absolute Gasteiger partial charge is 0.306 e. The highest BCUT2D eigenvalue weighted by Crippen LogP contribution is 2.22. The molecule has 1 saturated heterocycles. The number of rotatable bonds is 41. The SMILES string of the molecule is CCCCC/C=C/C/C=C/C/C=C/C/C=C/CCCCCC(=O)OC[C@H](CO[C@@H]1O[C@H](CO)[C@H](O)C(O)C1O)OC(=O)CCC/C=C/C/C=C/C/C=C/C/C=C/CCCCCCCCC. The molecule has 65 heavy (non-hydrogen) atoms. The fourth-order valence-corrected chi connectivity index (χ4v) is 6.93. The van der Waals surface area contributed by atoms with E-state index in [0.29, 0.717) is 19.3 Å². The molecule has 1 aliphatic heterocycles. The predicted molar refractivity (Wildman–Crippen MR) is 265 cm³/mol. The van der Waals surface area contributed by atoms with E-state index in [1.54, 1.807) is 0 Å². The fourth-order valence-electron chi connectivity index (χ4n) is 6.93. The lowest BCUT2D eigenvalue weighted by Gasteiger charge is -2.39. The van der Waals surface area contributed by atoms with Crippen molar-refractivity contribution in [3.63, 3.8) is 0 Å². The maximum Gasteiger partial charge on any atom is 0.306 e. The molecular formula is C55H90O10. The molecule has 1 rings (SSSR count). The normalized spacial score (nSPS) is 20.1. The average molecular weight is 911 g/mol. The molecule has 1 fully saturated rings. The van der Waals surface area contributed by atoms with Crippen molar-refractivity contribution in [2.24, 2.45) is 0 Å². The molecule has 1 aliphatic rings. The van der Waals surface area contributed by atoms with Crippen LogP contribution in [0.15, 0.2) is 97.2 Å². The summed E-state index contributed by atoms with van der Waals surface area (Å²) in [4.78, 5) is 25.4. The average Bonchev–Trinajstić information content (AvgIpc) is 3.30. The van der Waals surface area contributed by atoms with Gasteiger partial charge >= 0.3 is 11.9 Å². The number of hydrogen-bond acceptors (Lipinski definition) is 10. The zero-order valence-electron chi connectivity index (χ0n) is 40.4. The van der Waals surface area contributed by atoms with E-state index in [2.05, 4.69) is 105 Å². The largest absolute Gasteiger partial charge is 0.462 e. The Bertz CT molecular complexity index is 1380. The molecule has 0 spiro atoms. The summed E-state index contributed by atoms with van der Waals surface area (Å²) in [5.74, 6) is -0.915. The van der Waals surface area contributed by atoms with E-state index in [-0.39, 0.29) is 26.1 Å². The molecule has 0 aromatic heterocycles.